The van der Waals surface area contributed by atoms with Gasteiger partial charge < -0.3 is 24.0 Å². The first-order valence-corrected chi connectivity index (χ1v) is 13.1. The number of hydrogen-bond acceptors (Lipinski definition) is 11. The van der Waals surface area contributed by atoms with Crippen molar-refractivity contribution in [1.82, 2.24) is 15.3 Å². The number of Topliss-reactive ketones (excluding diaryl/α,β-unsaturated/α-hetero) is 1. The van der Waals surface area contributed by atoms with Gasteiger partial charge in [0.15, 0.2) is 5.78 Å². The second kappa shape index (κ2) is 11.9. The highest BCUT2D eigenvalue weighted by molar-refractivity contribution is 6.67. The Bertz CT molecular complexity index is 1250. The maximum atomic E-state index is 13.9. The van der Waals surface area contributed by atoms with Gasteiger partial charge in [-0.2, -0.15) is 0 Å². The van der Waals surface area contributed by atoms with Gasteiger partial charge in [0.2, 0.25) is 0 Å². The summed E-state index contributed by atoms with van der Waals surface area (Å²) in [5.41, 5.74) is -1.08. The Balaban J connectivity index is 1.65. The third kappa shape index (κ3) is 6.36. The van der Waals surface area contributed by atoms with Gasteiger partial charge in [-0.3, -0.25) is 24.2 Å². The van der Waals surface area contributed by atoms with Crippen LogP contribution in [0.4, 0.5) is 0 Å². The van der Waals surface area contributed by atoms with Crippen LogP contribution in [-0.2, 0) is 44.3 Å². The van der Waals surface area contributed by atoms with Crippen molar-refractivity contribution in [2.75, 3.05) is 7.11 Å². The Kier molecular flexibility index (Phi) is 8.62. The minimum absolute atomic E-state index is 0.0310. The van der Waals surface area contributed by atoms with Gasteiger partial charge in [0.05, 0.1) is 32.2 Å². The van der Waals surface area contributed by atoms with Crippen LogP contribution < -0.4 is 5.32 Å². The molecule has 1 aromatic carbocycles. The van der Waals surface area contributed by atoms with E-state index >= 15 is 0 Å². The van der Waals surface area contributed by atoms with Gasteiger partial charge in [-0.05, 0) is 24.3 Å². The van der Waals surface area contributed by atoms with E-state index in [9.17, 15) is 24.0 Å². The molecule has 2 atom stereocenters. The Morgan fingerprint density at radius 3 is 2.33 bits per heavy atom. The second-order valence-corrected chi connectivity index (χ2v) is 10.5. The quantitative estimate of drug-likeness (QED) is 0.321. The molecule has 2 aliphatic heterocycles. The van der Waals surface area contributed by atoms with Crippen LogP contribution in [0.2, 0.25) is 5.82 Å². The monoisotopic (exact) mass is 552 g/mol. The standard InChI is InChI=1S/C27H31BN3O9/c1-17(2)11-19(28-38-23(33)14-27(40-28,26(36)37-3)15-24(34)39-28)13-22(32)20(12-18-7-5-4-6-8-18)31-25(35)21-16-29-9-10-30-21/h4-10,16-17,19-20H,11-15H2,1-3H3,(H,31,35)/q-1/t19?,20-,27?,28?/m0/s1. The van der Waals surface area contributed by atoms with Gasteiger partial charge in [-0.1, -0.05) is 56.4 Å². The van der Waals surface area contributed by atoms with Crippen LogP contribution in [0, 0.1) is 5.92 Å². The Morgan fingerprint density at radius 2 is 1.75 bits per heavy atom. The molecule has 0 radical (unpaired) electrons. The molecule has 212 valence electrons. The van der Waals surface area contributed by atoms with Crippen molar-refractivity contribution in [1.29, 1.82) is 0 Å². The minimum atomic E-state index is -3.19. The fourth-order valence-electron chi connectivity index (χ4n) is 5.26. The predicted molar refractivity (Wildman–Crippen MR) is 139 cm³/mol. The summed E-state index contributed by atoms with van der Waals surface area (Å²) in [6, 6.07) is 8.09. The topological polar surface area (TPSA) is 160 Å². The highest BCUT2D eigenvalue weighted by atomic mass is 16.8. The molecule has 4 rings (SSSR count). The van der Waals surface area contributed by atoms with E-state index in [1.165, 1.54) is 18.6 Å². The molecule has 0 saturated carbocycles. The molecular weight excluding hydrogens is 521 g/mol. The van der Waals surface area contributed by atoms with Crippen molar-refractivity contribution < 1.29 is 42.7 Å². The SMILES string of the molecule is COC(=O)C12CC(=O)O[B-](C(CC(=O)[C@H](Cc3ccccc3)NC(=O)c3cnccn3)CC(C)C)(OC(=O)C1)O2. The average Bonchev–Trinajstić information content (AvgIpc) is 2.91. The van der Waals surface area contributed by atoms with Gasteiger partial charge >= 0.3 is 12.7 Å². The molecule has 1 amide bonds. The molecule has 1 unspecified atom stereocenters. The van der Waals surface area contributed by atoms with Gasteiger partial charge in [0.25, 0.3) is 17.8 Å². The number of carbonyl (C=O) groups is 5. The van der Waals surface area contributed by atoms with Crippen LogP contribution in [0.15, 0.2) is 48.9 Å². The number of benzene rings is 1. The maximum absolute atomic E-state index is 13.9. The van der Waals surface area contributed by atoms with Gasteiger partial charge in [-0.15, -0.1) is 0 Å². The molecule has 0 aliphatic carbocycles. The summed E-state index contributed by atoms with van der Waals surface area (Å²) in [6.45, 7) is 0.567. The number of nitrogens with one attached hydrogen (secondary N) is 1. The van der Waals surface area contributed by atoms with E-state index in [0.29, 0.717) is 0 Å². The Hall–Kier alpha value is -4.13. The number of carbonyl (C=O) groups excluding carboxylic acids is 5. The summed E-state index contributed by atoms with van der Waals surface area (Å²) in [5, 5.41) is 2.73. The van der Waals surface area contributed by atoms with Crippen LogP contribution in [0.25, 0.3) is 0 Å². The number of aromatic nitrogens is 2. The van der Waals surface area contributed by atoms with Crippen LogP contribution >= 0.6 is 0 Å². The number of ether oxygens (including phenoxy) is 1. The van der Waals surface area contributed by atoms with Gasteiger partial charge in [-0.25, -0.2) is 9.78 Å². The van der Waals surface area contributed by atoms with Crippen LogP contribution in [0.3, 0.4) is 0 Å². The normalized spacial score (nSPS) is 23.4. The Labute approximate surface area is 231 Å². The number of amides is 1. The highest BCUT2D eigenvalue weighted by Gasteiger charge is 2.62. The molecule has 12 nitrogen and oxygen atoms in total. The fraction of sp³-hybridized carbons (Fsp3) is 0.444. The lowest BCUT2D eigenvalue weighted by atomic mass is 9.55. The van der Waals surface area contributed by atoms with Crippen molar-refractivity contribution in [3.63, 3.8) is 0 Å². The highest BCUT2D eigenvalue weighted by Crippen LogP contribution is 2.46. The lowest BCUT2D eigenvalue weighted by molar-refractivity contribution is -0.195. The van der Waals surface area contributed by atoms with Gasteiger partial charge in [0.1, 0.15) is 11.3 Å². The van der Waals surface area contributed by atoms with Crippen LogP contribution in [0.5, 0.6) is 0 Å². The molecule has 2 saturated heterocycles. The van der Waals surface area contributed by atoms with E-state index < -0.39 is 66.7 Å². The summed E-state index contributed by atoms with van der Waals surface area (Å²) in [7, 11) is 1.12. The predicted octanol–water partition coefficient (Wildman–Crippen LogP) is 1.95. The molecule has 40 heavy (non-hydrogen) atoms. The zero-order valence-corrected chi connectivity index (χ0v) is 22.5. The van der Waals surface area contributed by atoms with Crippen molar-refractivity contribution in [2.45, 2.75) is 63.4 Å². The number of ketones is 1. The summed E-state index contributed by atoms with van der Waals surface area (Å²) in [5.74, 6) is -4.51. The molecule has 2 fully saturated rings. The van der Waals surface area contributed by atoms with E-state index in [1.807, 2.05) is 44.2 Å². The van der Waals surface area contributed by atoms with Crippen molar-refractivity contribution >= 4 is 36.4 Å². The lowest BCUT2D eigenvalue weighted by Gasteiger charge is -2.57. The van der Waals surface area contributed by atoms with Gasteiger partial charge in [0, 0.05) is 12.4 Å². The molecule has 2 aliphatic rings. The molecule has 1 aromatic heterocycles. The summed E-state index contributed by atoms with van der Waals surface area (Å²) in [6.07, 6.45) is 3.15. The van der Waals surface area contributed by atoms with Crippen molar-refractivity contribution in [3.05, 3.63) is 60.2 Å². The fourth-order valence-corrected chi connectivity index (χ4v) is 5.26. The number of rotatable bonds is 11. The lowest BCUT2D eigenvalue weighted by Crippen LogP contribution is -2.69. The molecule has 0 spiro atoms. The molecule has 2 bridgehead atoms. The zero-order valence-electron chi connectivity index (χ0n) is 22.5. The van der Waals surface area contributed by atoms with E-state index in [2.05, 4.69) is 15.3 Å². The number of hydrogen-bond donors (Lipinski definition) is 1. The summed E-state index contributed by atoms with van der Waals surface area (Å²) >= 11 is 0. The van der Waals surface area contributed by atoms with Crippen molar-refractivity contribution in [3.8, 4) is 0 Å². The molecule has 1 N–H and O–H groups in total. The number of fused-ring (bicyclic) bond motifs is 2. The first kappa shape index (κ1) is 28.9. The second-order valence-electron chi connectivity index (χ2n) is 10.5. The third-order valence-corrected chi connectivity index (χ3v) is 6.99. The summed E-state index contributed by atoms with van der Waals surface area (Å²) in [4.78, 5) is 72.9. The Morgan fingerprint density at radius 1 is 1.07 bits per heavy atom. The average molecular weight is 552 g/mol. The summed E-state index contributed by atoms with van der Waals surface area (Å²) < 4.78 is 22.0. The van der Waals surface area contributed by atoms with Crippen molar-refractivity contribution in [2.24, 2.45) is 5.92 Å². The number of nitrogens with zero attached hydrogens (tertiary/aromatic N) is 2. The first-order valence-electron chi connectivity index (χ1n) is 13.1. The van der Waals surface area contributed by atoms with E-state index in [-0.39, 0.29) is 30.9 Å². The molecule has 13 heteroatoms. The minimum Gasteiger partial charge on any atom is -0.633 e. The first-order chi connectivity index (χ1) is 19.1. The van der Waals surface area contributed by atoms with E-state index in [1.54, 1.807) is 0 Å². The van der Waals surface area contributed by atoms with Crippen LogP contribution in [0.1, 0.15) is 55.6 Å². The van der Waals surface area contributed by atoms with E-state index in [4.69, 9.17) is 18.7 Å². The molecular formula is C27H31BN3O9-. The van der Waals surface area contributed by atoms with E-state index in [0.717, 1.165) is 12.7 Å². The largest absolute Gasteiger partial charge is 0.633 e. The smallest absolute Gasteiger partial charge is 0.499 e. The number of methoxy groups -OCH3 is 1. The molecule has 3 heterocycles. The molecule has 2 aromatic rings. The number of esters is 1. The van der Waals surface area contributed by atoms with Crippen LogP contribution in [-0.4, -0.2) is 65.1 Å². The zero-order chi connectivity index (χ0) is 28.9. The maximum Gasteiger partial charge on any atom is 0.499 e. The third-order valence-electron chi connectivity index (χ3n) is 6.99.